The van der Waals surface area contributed by atoms with Gasteiger partial charge in [-0.05, 0) is 40.2 Å². The molecule has 0 spiro atoms. The van der Waals surface area contributed by atoms with Crippen LogP contribution in [0.3, 0.4) is 0 Å². The molecule has 24 heavy (non-hydrogen) atoms. The van der Waals surface area contributed by atoms with E-state index in [1.54, 1.807) is 27.7 Å². The highest BCUT2D eigenvalue weighted by Crippen LogP contribution is 2.43. The average molecular weight is 445 g/mol. The number of alkyl carbamates (subject to hydrolysis) is 1. The number of nitrogens with one attached hydrogen (secondary N) is 1. The smallest absolute Gasteiger partial charge is 0.408 e. The Labute approximate surface area is 156 Å². The maximum Gasteiger partial charge on any atom is 0.408 e. The molecule has 4 atom stereocenters. The van der Waals surface area contributed by atoms with Crippen LogP contribution in [0, 0.1) is 0 Å². The molecule has 0 aromatic heterocycles. The van der Waals surface area contributed by atoms with Gasteiger partial charge in [-0.25, -0.2) is 9.59 Å². The number of cyclic esters (lactones) is 1. The number of benzene rings is 1. The van der Waals surface area contributed by atoms with Gasteiger partial charge in [0.2, 0.25) is 0 Å². The summed E-state index contributed by atoms with van der Waals surface area (Å²) in [5.74, 6) is -0.721. The van der Waals surface area contributed by atoms with Crippen molar-refractivity contribution >= 4 is 34.7 Å². The number of amides is 1. The van der Waals surface area contributed by atoms with E-state index >= 15 is 0 Å². The monoisotopic (exact) mass is 445 g/mol. The van der Waals surface area contributed by atoms with Gasteiger partial charge < -0.3 is 14.8 Å². The van der Waals surface area contributed by atoms with Crippen LogP contribution in [0.2, 0.25) is 0 Å². The summed E-state index contributed by atoms with van der Waals surface area (Å²) >= 11 is 2.25. The molecule has 0 unspecified atom stereocenters. The zero-order valence-electron chi connectivity index (χ0n) is 14.6. The highest BCUT2D eigenvalue weighted by atomic mass is 127. The lowest BCUT2D eigenvalue weighted by Gasteiger charge is -2.32. The van der Waals surface area contributed by atoms with Crippen molar-refractivity contribution in [3.8, 4) is 0 Å². The number of halogens is 1. The molecule has 0 bridgehead atoms. The van der Waals surface area contributed by atoms with Gasteiger partial charge in [-0.1, -0.05) is 52.9 Å². The Bertz CT molecular complexity index is 611. The van der Waals surface area contributed by atoms with Crippen molar-refractivity contribution in [2.75, 3.05) is 0 Å². The molecular formula is C18H24INO4. The van der Waals surface area contributed by atoms with Crippen molar-refractivity contribution in [3.05, 3.63) is 35.9 Å². The Morgan fingerprint density at radius 2 is 1.92 bits per heavy atom. The van der Waals surface area contributed by atoms with Crippen LogP contribution in [-0.4, -0.2) is 33.2 Å². The normalized spacial score (nSPS) is 28.2. The lowest BCUT2D eigenvalue weighted by molar-refractivity contribution is -0.145. The van der Waals surface area contributed by atoms with Crippen LogP contribution in [0.25, 0.3) is 0 Å². The minimum atomic E-state index is -1.17. The molecule has 1 aromatic carbocycles. The second kappa shape index (κ2) is 6.90. The van der Waals surface area contributed by atoms with Gasteiger partial charge in [-0.2, -0.15) is 0 Å². The van der Waals surface area contributed by atoms with Crippen molar-refractivity contribution < 1.29 is 19.1 Å². The second-order valence-corrected chi connectivity index (χ2v) is 9.23. The third-order valence-electron chi connectivity index (χ3n) is 3.99. The van der Waals surface area contributed by atoms with Crippen molar-refractivity contribution in [2.24, 2.45) is 0 Å². The van der Waals surface area contributed by atoms with E-state index in [0.717, 1.165) is 5.56 Å². The Hall–Kier alpha value is -1.31. The fourth-order valence-corrected chi connectivity index (χ4v) is 3.52. The molecule has 5 nitrogen and oxygen atoms in total. The molecule has 0 radical (unpaired) electrons. The lowest BCUT2D eigenvalue weighted by atomic mass is 9.78. The summed E-state index contributed by atoms with van der Waals surface area (Å²) in [5.41, 5.74) is -0.856. The summed E-state index contributed by atoms with van der Waals surface area (Å²) in [7, 11) is 0. The van der Waals surface area contributed by atoms with Crippen LogP contribution in [0.1, 0.15) is 46.1 Å². The number of rotatable bonds is 3. The number of esters is 1. The summed E-state index contributed by atoms with van der Waals surface area (Å²) in [6, 6.07) is 9.66. The first-order valence-electron chi connectivity index (χ1n) is 7.96. The topological polar surface area (TPSA) is 64.6 Å². The van der Waals surface area contributed by atoms with Gasteiger partial charge >= 0.3 is 12.1 Å². The zero-order chi connectivity index (χ0) is 18.1. The average Bonchev–Trinajstić information content (AvgIpc) is 2.69. The van der Waals surface area contributed by atoms with Gasteiger partial charge in [0.05, 0.1) is 5.92 Å². The largest absolute Gasteiger partial charge is 0.459 e. The molecule has 1 fully saturated rings. The molecule has 1 aliphatic heterocycles. The van der Waals surface area contributed by atoms with E-state index in [9.17, 15) is 9.59 Å². The number of alkyl halides is 1. The molecule has 1 saturated heterocycles. The fraction of sp³-hybridized carbons (Fsp3) is 0.556. The number of hydrogen-bond donors (Lipinski definition) is 1. The van der Waals surface area contributed by atoms with Crippen LogP contribution in [0.15, 0.2) is 30.3 Å². The molecule has 132 valence electrons. The molecule has 0 saturated carbocycles. The van der Waals surface area contributed by atoms with Crippen molar-refractivity contribution in [1.82, 2.24) is 5.32 Å². The van der Waals surface area contributed by atoms with Gasteiger partial charge in [0.15, 0.2) is 0 Å². The first-order valence-corrected chi connectivity index (χ1v) is 9.20. The van der Waals surface area contributed by atoms with Crippen LogP contribution < -0.4 is 5.32 Å². The maximum absolute atomic E-state index is 12.6. The van der Waals surface area contributed by atoms with E-state index in [0.29, 0.717) is 0 Å². The second-order valence-electron chi connectivity index (χ2n) is 7.27. The summed E-state index contributed by atoms with van der Waals surface area (Å²) in [5, 5.41) is 2.76. The van der Waals surface area contributed by atoms with E-state index < -0.39 is 23.2 Å². The van der Waals surface area contributed by atoms with E-state index in [1.807, 2.05) is 37.3 Å². The van der Waals surface area contributed by atoms with Crippen LogP contribution >= 0.6 is 22.6 Å². The maximum atomic E-state index is 12.6. The Balaban J connectivity index is 2.37. The number of carbonyl (C=O) groups is 2. The number of hydrogen-bond acceptors (Lipinski definition) is 4. The molecule has 1 heterocycles. The first kappa shape index (κ1) is 19.0. The third-order valence-corrected chi connectivity index (χ3v) is 4.70. The predicted octanol–water partition coefficient (Wildman–Crippen LogP) is 3.80. The van der Waals surface area contributed by atoms with Crippen molar-refractivity contribution in [1.29, 1.82) is 0 Å². The number of carbonyl (C=O) groups excluding carboxylic acids is 2. The molecule has 1 aliphatic rings. The van der Waals surface area contributed by atoms with E-state index in [2.05, 4.69) is 27.9 Å². The van der Waals surface area contributed by atoms with E-state index in [-0.39, 0.29) is 15.9 Å². The molecule has 6 heteroatoms. The summed E-state index contributed by atoms with van der Waals surface area (Å²) in [6.45, 7) is 9.05. The summed E-state index contributed by atoms with van der Waals surface area (Å²) < 4.78 is 11.0. The predicted molar refractivity (Wildman–Crippen MR) is 100 cm³/mol. The van der Waals surface area contributed by atoms with Gasteiger partial charge in [-0.3, -0.25) is 0 Å². The quantitative estimate of drug-likeness (QED) is 0.437. The minimum Gasteiger partial charge on any atom is -0.459 e. The zero-order valence-corrected chi connectivity index (χ0v) is 16.8. The van der Waals surface area contributed by atoms with E-state index in [4.69, 9.17) is 9.47 Å². The Kier molecular flexibility index (Phi) is 5.47. The highest BCUT2D eigenvalue weighted by Gasteiger charge is 2.57. The third kappa shape index (κ3) is 4.02. The van der Waals surface area contributed by atoms with Crippen LogP contribution in [0.4, 0.5) is 4.79 Å². The molecule has 0 aliphatic carbocycles. The molecule has 1 N–H and O–H groups in total. The molecule has 1 amide bonds. The van der Waals surface area contributed by atoms with Gasteiger partial charge in [0.1, 0.15) is 17.2 Å². The summed E-state index contributed by atoms with van der Waals surface area (Å²) in [6.07, 6.45) is -0.940. The summed E-state index contributed by atoms with van der Waals surface area (Å²) in [4.78, 5) is 24.9. The van der Waals surface area contributed by atoms with Crippen molar-refractivity contribution in [2.45, 2.75) is 61.7 Å². The fourth-order valence-electron chi connectivity index (χ4n) is 2.96. The van der Waals surface area contributed by atoms with Gasteiger partial charge in [0.25, 0.3) is 0 Å². The van der Waals surface area contributed by atoms with Crippen LogP contribution in [-0.2, 0) is 14.3 Å². The Morgan fingerprint density at radius 3 is 2.42 bits per heavy atom. The van der Waals surface area contributed by atoms with Crippen molar-refractivity contribution in [3.63, 3.8) is 0 Å². The van der Waals surface area contributed by atoms with E-state index in [1.165, 1.54) is 0 Å². The first-order chi connectivity index (χ1) is 11.0. The lowest BCUT2D eigenvalue weighted by Crippen LogP contribution is -2.55. The minimum absolute atomic E-state index is 0.0963. The van der Waals surface area contributed by atoms with Gasteiger partial charge in [-0.15, -0.1) is 0 Å². The Morgan fingerprint density at radius 1 is 1.33 bits per heavy atom. The molecule has 2 rings (SSSR count). The molecule has 1 aromatic rings. The molecular weight excluding hydrogens is 421 g/mol. The highest BCUT2D eigenvalue weighted by molar-refractivity contribution is 14.1. The van der Waals surface area contributed by atoms with Gasteiger partial charge in [0, 0.05) is 3.92 Å². The van der Waals surface area contributed by atoms with Crippen LogP contribution in [0.5, 0.6) is 0 Å². The number of ether oxygens (including phenoxy) is 2. The SMILES string of the molecule is C[C@H](I)[C@H]1OC(=O)[C@@](C)(NC(=O)OC(C)(C)C)[C@@H]1c1ccccc1. The standard InChI is InChI=1S/C18H24INO4/c1-11(19)14-13(12-9-7-6-8-10-12)18(5,15(21)23-14)20-16(22)24-17(2,3)4/h6-11,13-14H,1-5H3,(H,20,22)/t11-,13+,14+,18-/m0/s1.